The van der Waals surface area contributed by atoms with Gasteiger partial charge in [0.25, 0.3) is 0 Å². The van der Waals surface area contributed by atoms with E-state index in [1.54, 1.807) is 17.5 Å². The molecule has 5 heteroatoms. The second-order valence-corrected chi connectivity index (χ2v) is 6.26. The Bertz CT molecular complexity index is 326. The van der Waals surface area contributed by atoms with Gasteiger partial charge in [-0.25, -0.2) is 4.98 Å². The van der Waals surface area contributed by atoms with Crippen LogP contribution in [0.3, 0.4) is 0 Å². The van der Waals surface area contributed by atoms with Crippen LogP contribution in [0.1, 0.15) is 38.6 Å². The van der Waals surface area contributed by atoms with Gasteiger partial charge in [-0.2, -0.15) is 0 Å². The predicted molar refractivity (Wildman–Crippen MR) is 80.4 cm³/mol. The zero-order valence-electron chi connectivity index (χ0n) is 11.6. The molecule has 0 amide bonds. The maximum Gasteiger partial charge on any atom is 0.113 e. The van der Waals surface area contributed by atoms with Crippen LogP contribution in [0.15, 0.2) is 6.20 Å². The monoisotopic (exact) mass is 289 g/mol. The van der Waals surface area contributed by atoms with E-state index < -0.39 is 0 Å². The molecule has 1 aromatic heterocycles. The van der Waals surface area contributed by atoms with E-state index in [-0.39, 0.29) is 0 Å². The third-order valence-corrected chi connectivity index (χ3v) is 4.25. The van der Waals surface area contributed by atoms with E-state index in [1.807, 2.05) is 0 Å². The molecule has 0 aliphatic carbocycles. The van der Waals surface area contributed by atoms with Gasteiger partial charge in [-0.3, -0.25) is 0 Å². The van der Waals surface area contributed by atoms with Crippen molar-refractivity contribution < 1.29 is 0 Å². The maximum absolute atomic E-state index is 5.85. The Morgan fingerprint density at radius 2 is 2.17 bits per heavy atom. The minimum Gasteiger partial charge on any atom is -0.308 e. The first kappa shape index (κ1) is 15.9. The predicted octanol–water partition coefficient (Wildman–Crippen LogP) is 3.40. The van der Waals surface area contributed by atoms with E-state index in [1.165, 1.54) is 19.4 Å². The lowest BCUT2D eigenvalue weighted by molar-refractivity contribution is 0.290. The SMILES string of the molecule is CCN(CC)CCCC(C)NCc1ncc(Cl)s1. The van der Waals surface area contributed by atoms with Crippen molar-refractivity contribution in [3.63, 3.8) is 0 Å². The van der Waals surface area contributed by atoms with Crippen LogP contribution in [0.4, 0.5) is 0 Å². The quantitative estimate of drug-likeness (QED) is 0.755. The molecule has 18 heavy (non-hydrogen) atoms. The number of hydrogen-bond donors (Lipinski definition) is 1. The lowest BCUT2D eigenvalue weighted by Gasteiger charge is -2.19. The van der Waals surface area contributed by atoms with Gasteiger partial charge in [0.15, 0.2) is 0 Å². The fourth-order valence-electron chi connectivity index (χ4n) is 1.89. The average molecular weight is 290 g/mol. The molecule has 1 rings (SSSR count). The molecule has 0 radical (unpaired) electrons. The van der Waals surface area contributed by atoms with Crippen LogP contribution < -0.4 is 5.32 Å². The van der Waals surface area contributed by atoms with Gasteiger partial charge in [-0.05, 0) is 39.4 Å². The molecule has 3 nitrogen and oxygen atoms in total. The van der Waals surface area contributed by atoms with Crippen LogP contribution >= 0.6 is 22.9 Å². The van der Waals surface area contributed by atoms with Crippen LogP contribution in [0.2, 0.25) is 4.34 Å². The molecular formula is C13H24ClN3S. The number of rotatable bonds is 9. The fraction of sp³-hybridized carbons (Fsp3) is 0.769. The van der Waals surface area contributed by atoms with E-state index in [0.717, 1.165) is 29.0 Å². The molecule has 0 fully saturated rings. The van der Waals surface area contributed by atoms with Gasteiger partial charge in [0.05, 0.1) is 6.20 Å². The molecule has 1 N–H and O–H groups in total. The summed E-state index contributed by atoms with van der Waals surface area (Å²) in [4.78, 5) is 6.70. The van der Waals surface area contributed by atoms with Crippen molar-refractivity contribution in [2.24, 2.45) is 0 Å². The minimum absolute atomic E-state index is 0.531. The third-order valence-electron chi connectivity index (χ3n) is 3.13. The molecule has 0 bridgehead atoms. The molecule has 1 atom stereocenters. The van der Waals surface area contributed by atoms with Crippen molar-refractivity contribution in [3.8, 4) is 0 Å². The number of hydrogen-bond acceptors (Lipinski definition) is 4. The molecule has 1 aromatic rings. The van der Waals surface area contributed by atoms with Gasteiger partial charge in [0.1, 0.15) is 9.34 Å². The second-order valence-electron chi connectivity index (χ2n) is 4.51. The highest BCUT2D eigenvalue weighted by molar-refractivity contribution is 7.15. The molecule has 104 valence electrons. The highest BCUT2D eigenvalue weighted by atomic mass is 35.5. The summed E-state index contributed by atoms with van der Waals surface area (Å²) in [6.45, 7) is 11.0. The largest absolute Gasteiger partial charge is 0.308 e. The fourth-order valence-corrected chi connectivity index (χ4v) is 2.80. The molecular weight excluding hydrogens is 266 g/mol. The molecule has 0 spiro atoms. The standard InChI is InChI=1S/C13H24ClN3S/c1-4-17(5-2)8-6-7-11(3)15-10-13-16-9-12(14)18-13/h9,11,15H,4-8,10H2,1-3H3. The summed E-state index contributed by atoms with van der Waals surface area (Å²) in [6, 6.07) is 0.531. The summed E-state index contributed by atoms with van der Waals surface area (Å²) in [5, 5.41) is 4.56. The van der Waals surface area contributed by atoms with Gasteiger partial charge in [-0.1, -0.05) is 25.4 Å². The first-order valence-electron chi connectivity index (χ1n) is 6.71. The highest BCUT2D eigenvalue weighted by Crippen LogP contribution is 2.18. The van der Waals surface area contributed by atoms with Crippen LogP contribution in [0, 0.1) is 0 Å². The van der Waals surface area contributed by atoms with E-state index >= 15 is 0 Å². The zero-order valence-corrected chi connectivity index (χ0v) is 13.2. The summed E-state index contributed by atoms with van der Waals surface area (Å²) in [6.07, 6.45) is 4.17. The van der Waals surface area contributed by atoms with E-state index in [2.05, 4.69) is 36.0 Å². The first-order chi connectivity index (χ1) is 8.65. The van der Waals surface area contributed by atoms with E-state index in [0.29, 0.717) is 6.04 Å². The van der Waals surface area contributed by atoms with Gasteiger partial charge >= 0.3 is 0 Å². The Kier molecular flexibility index (Phi) is 7.82. The Morgan fingerprint density at radius 3 is 2.72 bits per heavy atom. The number of nitrogens with zero attached hydrogens (tertiary/aromatic N) is 2. The Morgan fingerprint density at radius 1 is 1.44 bits per heavy atom. The van der Waals surface area contributed by atoms with Crippen molar-refractivity contribution >= 4 is 22.9 Å². The summed E-state index contributed by atoms with van der Waals surface area (Å²) in [5.74, 6) is 0. The van der Waals surface area contributed by atoms with Crippen LogP contribution in [0.5, 0.6) is 0 Å². The van der Waals surface area contributed by atoms with E-state index in [4.69, 9.17) is 11.6 Å². The zero-order chi connectivity index (χ0) is 13.4. The molecule has 1 unspecified atom stereocenters. The minimum atomic E-state index is 0.531. The lowest BCUT2D eigenvalue weighted by Crippen LogP contribution is -2.28. The van der Waals surface area contributed by atoms with Gasteiger partial charge < -0.3 is 10.2 Å². The second kappa shape index (κ2) is 8.86. The highest BCUT2D eigenvalue weighted by Gasteiger charge is 2.05. The van der Waals surface area contributed by atoms with Crippen LogP contribution in [-0.2, 0) is 6.54 Å². The summed E-state index contributed by atoms with van der Waals surface area (Å²) < 4.78 is 0.765. The van der Waals surface area contributed by atoms with Crippen molar-refractivity contribution in [1.29, 1.82) is 0 Å². The van der Waals surface area contributed by atoms with Crippen LogP contribution in [-0.4, -0.2) is 35.6 Å². The normalized spacial score (nSPS) is 13.2. The average Bonchev–Trinajstić information content (AvgIpc) is 2.78. The number of halogens is 1. The molecule has 0 aliphatic rings. The van der Waals surface area contributed by atoms with Gasteiger partial charge in [0.2, 0.25) is 0 Å². The van der Waals surface area contributed by atoms with Crippen molar-refractivity contribution in [3.05, 3.63) is 15.5 Å². The topological polar surface area (TPSA) is 28.2 Å². The summed E-state index contributed by atoms with van der Waals surface area (Å²) >= 11 is 7.40. The molecule has 0 saturated carbocycles. The van der Waals surface area contributed by atoms with E-state index in [9.17, 15) is 0 Å². The van der Waals surface area contributed by atoms with Gasteiger partial charge in [-0.15, -0.1) is 11.3 Å². The molecule has 0 aliphatic heterocycles. The molecule has 1 heterocycles. The van der Waals surface area contributed by atoms with Crippen molar-refractivity contribution in [2.45, 2.75) is 46.2 Å². The Hall–Kier alpha value is -0.160. The van der Waals surface area contributed by atoms with Crippen LogP contribution in [0.25, 0.3) is 0 Å². The first-order valence-corrected chi connectivity index (χ1v) is 7.91. The Labute approximate surface area is 120 Å². The van der Waals surface area contributed by atoms with Crippen molar-refractivity contribution in [1.82, 2.24) is 15.2 Å². The number of thiazole rings is 1. The molecule has 0 saturated heterocycles. The third kappa shape index (κ3) is 6.14. The smallest absolute Gasteiger partial charge is 0.113 e. The lowest BCUT2D eigenvalue weighted by atomic mass is 10.2. The maximum atomic E-state index is 5.85. The van der Waals surface area contributed by atoms with Crippen molar-refractivity contribution in [2.75, 3.05) is 19.6 Å². The number of nitrogens with one attached hydrogen (secondary N) is 1. The molecule has 0 aromatic carbocycles. The summed E-state index contributed by atoms with van der Waals surface area (Å²) in [5.41, 5.74) is 0. The Balaban J connectivity index is 2.12. The van der Waals surface area contributed by atoms with Gasteiger partial charge in [0, 0.05) is 12.6 Å². The number of aromatic nitrogens is 1. The summed E-state index contributed by atoms with van der Waals surface area (Å²) in [7, 11) is 0.